The molecule has 12 heteroatoms. The summed E-state index contributed by atoms with van der Waals surface area (Å²) in [5.74, 6) is 0. The standard InChI is InChI=1S/C10H12N2O2.C10H14N2.C9H10N2O2.C9H11N.ClH/c1-11-5-4-8-2-3-10(12(13)14)6-9(8)7-11;1-12-5-4-8-2-3-10(11)6-9(8)7-12;12-11(13)9-2-1-7-3-4-10-6-8(7)5-9;1-2-4-9-7-10-6-5-8(9)3-1;/h2-3,6H,4-5,7H2,1H3;2-3,6H,4-5,7,11H2,1H3;1-2,5,10H,3-4,6H2;1-4,10H,5-7H2;1H. The Morgan fingerprint density at radius 3 is 1.56 bits per heavy atom. The molecule has 0 amide bonds. The van der Waals surface area contributed by atoms with Crippen LogP contribution in [-0.4, -0.2) is 59.9 Å². The number of fused-ring (bicyclic) bond motifs is 4. The van der Waals surface area contributed by atoms with Crippen LogP contribution in [0.2, 0.25) is 0 Å². The minimum absolute atomic E-state index is 0. The van der Waals surface area contributed by atoms with E-state index in [9.17, 15) is 20.2 Å². The van der Waals surface area contributed by atoms with Crippen LogP contribution in [-0.2, 0) is 51.9 Å². The summed E-state index contributed by atoms with van der Waals surface area (Å²) in [5, 5.41) is 27.6. The molecule has 4 heterocycles. The van der Waals surface area contributed by atoms with Crippen molar-refractivity contribution in [1.29, 1.82) is 0 Å². The zero-order chi connectivity index (χ0) is 34.8. The highest BCUT2D eigenvalue weighted by atomic mass is 35.5. The molecule has 0 radical (unpaired) electrons. The van der Waals surface area contributed by atoms with Crippen LogP contribution in [0.4, 0.5) is 17.1 Å². The molecule has 0 spiro atoms. The monoisotopic (exact) mass is 701 g/mol. The van der Waals surface area contributed by atoms with Gasteiger partial charge in [0.05, 0.1) is 9.85 Å². The highest BCUT2D eigenvalue weighted by Crippen LogP contribution is 2.23. The number of hydrogen-bond donors (Lipinski definition) is 3. The lowest BCUT2D eigenvalue weighted by atomic mass is 10.00. The largest absolute Gasteiger partial charge is 0.399 e. The van der Waals surface area contributed by atoms with Gasteiger partial charge in [0.2, 0.25) is 0 Å². The third-order valence-electron chi connectivity index (χ3n) is 9.33. The molecule has 4 N–H and O–H groups in total. The van der Waals surface area contributed by atoms with Crippen molar-refractivity contribution in [1.82, 2.24) is 20.4 Å². The number of hydrogen-bond acceptors (Lipinski definition) is 9. The lowest BCUT2D eigenvalue weighted by molar-refractivity contribution is -0.385. The number of rotatable bonds is 2. The van der Waals surface area contributed by atoms with Gasteiger partial charge in [-0.05, 0) is 110 Å². The zero-order valence-corrected chi connectivity index (χ0v) is 29.7. The molecule has 0 aliphatic carbocycles. The highest BCUT2D eigenvalue weighted by Gasteiger charge is 2.17. The average molecular weight is 702 g/mol. The Bertz CT molecular complexity index is 1740. The van der Waals surface area contributed by atoms with Crippen molar-refractivity contribution in [3.05, 3.63) is 144 Å². The first-order chi connectivity index (χ1) is 23.7. The van der Waals surface area contributed by atoms with Gasteiger partial charge in [-0.2, -0.15) is 0 Å². The molecule has 0 fully saturated rings. The molecule has 0 saturated carbocycles. The molecule has 8 rings (SSSR count). The Balaban J connectivity index is 0.000000150. The van der Waals surface area contributed by atoms with Gasteiger partial charge in [0.25, 0.3) is 11.4 Å². The molecular formula is C38H48ClN7O4. The summed E-state index contributed by atoms with van der Waals surface area (Å²) in [6.07, 6.45) is 4.31. The van der Waals surface area contributed by atoms with E-state index in [1.807, 2.05) is 25.2 Å². The van der Waals surface area contributed by atoms with Gasteiger partial charge in [-0.25, -0.2) is 0 Å². The number of nitrogen functional groups attached to an aromatic ring is 1. The maximum Gasteiger partial charge on any atom is 0.269 e. The minimum atomic E-state index is -0.352. The van der Waals surface area contributed by atoms with Crippen molar-refractivity contribution in [3.63, 3.8) is 0 Å². The second-order valence-corrected chi connectivity index (χ2v) is 13.0. The van der Waals surface area contributed by atoms with Gasteiger partial charge in [-0.3, -0.25) is 20.2 Å². The summed E-state index contributed by atoms with van der Waals surface area (Å²) in [5.41, 5.74) is 17.4. The molecule has 266 valence electrons. The molecular weight excluding hydrogens is 654 g/mol. The number of benzene rings is 4. The van der Waals surface area contributed by atoms with Crippen molar-refractivity contribution >= 4 is 29.5 Å². The Hall–Kier alpha value is -4.39. The first-order valence-corrected chi connectivity index (χ1v) is 16.9. The number of nitrogens with two attached hydrogens (primary N) is 1. The molecule has 50 heavy (non-hydrogen) atoms. The van der Waals surface area contributed by atoms with E-state index in [0.717, 1.165) is 88.4 Å². The fraction of sp³-hybridized carbons (Fsp3) is 0.368. The lowest BCUT2D eigenvalue weighted by Crippen LogP contribution is -2.26. The number of non-ortho nitro benzene ring substituents is 2. The minimum Gasteiger partial charge on any atom is -0.399 e. The lowest BCUT2D eigenvalue weighted by Gasteiger charge is -2.24. The zero-order valence-electron chi connectivity index (χ0n) is 28.9. The van der Waals surface area contributed by atoms with Crippen LogP contribution >= 0.6 is 12.4 Å². The molecule has 0 aromatic heterocycles. The third kappa shape index (κ3) is 10.8. The number of likely N-dealkylation sites (N-methyl/N-ethyl adjacent to an activating group) is 2. The number of halogens is 1. The predicted molar refractivity (Wildman–Crippen MR) is 202 cm³/mol. The Morgan fingerprint density at radius 2 is 1.02 bits per heavy atom. The molecule has 0 unspecified atom stereocenters. The molecule has 0 saturated heterocycles. The summed E-state index contributed by atoms with van der Waals surface area (Å²) in [4.78, 5) is 24.8. The van der Waals surface area contributed by atoms with Gasteiger partial charge in [0, 0.05) is 69.2 Å². The van der Waals surface area contributed by atoms with Gasteiger partial charge in [-0.15, -0.1) is 12.4 Å². The second kappa shape index (κ2) is 18.6. The maximum atomic E-state index is 10.6. The Labute approximate surface area is 300 Å². The van der Waals surface area contributed by atoms with Gasteiger partial charge in [-0.1, -0.05) is 42.5 Å². The topological polar surface area (TPSA) is 143 Å². The summed E-state index contributed by atoms with van der Waals surface area (Å²) in [6, 6.07) is 25.1. The van der Waals surface area contributed by atoms with Crippen LogP contribution in [0.1, 0.15) is 44.5 Å². The summed E-state index contributed by atoms with van der Waals surface area (Å²) in [7, 11) is 4.17. The van der Waals surface area contributed by atoms with E-state index in [-0.39, 0.29) is 33.6 Å². The first-order valence-electron chi connectivity index (χ1n) is 16.9. The number of anilines is 1. The third-order valence-corrected chi connectivity index (χ3v) is 9.33. The Kier molecular flexibility index (Phi) is 14.3. The van der Waals surface area contributed by atoms with Crippen LogP contribution < -0.4 is 16.4 Å². The van der Waals surface area contributed by atoms with Crippen LogP contribution in [0.3, 0.4) is 0 Å². The predicted octanol–water partition coefficient (Wildman–Crippen LogP) is 5.83. The van der Waals surface area contributed by atoms with E-state index >= 15 is 0 Å². The SMILES string of the molecule is CN1CCc2ccc(N)cc2C1.CN1CCc2ccc([N+](=O)[O-])cc2C1.Cl.O=[N+]([O-])c1ccc2c(c1)CNCC2.c1ccc2c(c1)CCNC2. The van der Waals surface area contributed by atoms with Crippen molar-refractivity contribution < 1.29 is 9.85 Å². The van der Waals surface area contributed by atoms with E-state index < -0.39 is 0 Å². The average Bonchev–Trinajstić information content (AvgIpc) is 3.11. The Morgan fingerprint density at radius 1 is 0.580 bits per heavy atom. The van der Waals surface area contributed by atoms with Gasteiger partial charge >= 0.3 is 0 Å². The number of nitrogens with one attached hydrogen (secondary N) is 2. The fourth-order valence-electron chi connectivity index (χ4n) is 6.52. The van der Waals surface area contributed by atoms with Crippen molar-refractivity contribution in [3.8, 4) is 0 Å². The first kappa shape index (κ1) is 38.4. The highest BCUT2D eigenvalue weighted by molar-refractivity contribution is 5.85. The smallest absolute Gasteiger partial charge is 0.269 e. The second-order valence-electron chi connectivity index (χ2n) is 13.0. The van der Waals surface area contributed by atoms with Gasteiger partial charge in [0.15, 0.2) is 0 Å². The molecule has 11 nitrogen and oxygen atoms in total. The van der Waals surface area contributed by atoms with Gasteiger partial charge < -0.3 is 26.2 Å². The van der Waals surface area contributed by atoms with Gasteiger partial charge in [0.1, 0.15) is 0 Å². The number of nitro benzene ring substituents is 2. The number of nitro groups is 2. The fourth-order valence-corrected chi connectivity index (χ4v) is 6.52. The summed E-state index contributed by atoms with van der Waals surface area (Å²) < 4.78 is 0. The molecule has 4 aliphatic heterocycles. The van der Waals surface area contributed by atoms with Crippen LogP contribution in [0, 0.1) is 20.2 Å². The molecule has 4 aromatic carbocycles. The quantitative estimate of drug-likeness (QED) is 0.134. The molecule has 4 aromatic rings. The van der Waals surface area contributed by atoms with Crippen molar-refractivity contribution in [2.45, 2.75) is 51.9 Å². The maximum absolute atomic E-state index is 10.6. The van der Waals surface area contributed by atoms with E-state index in [4.69, 9.17) is 5.73 Å². The number of nitrogens with zero attached hydrogens (tertiary/aromatic N) is 4. The molecule has 0 bridgehead atoms. The summed E-state index contributed by atoms with van der Waals surface area (Å²) in [6.45, 7) is 7.95. The van der Waals surface area contributed by atoms with E-state index in [1.54, 1.807) is 24.3 Å². The van der Waals surface area contributed by atoms with Crippen molar-refractivity contribution in [2.24, 2.45) is 0 Å². The van der Waals surface area contributed by atoms with Crippen LogP contribution in [0.15, 0.2) is 78.9 Å². The summed E-state index contributed by atoms with van der Waals surface area (Å²) >= 11 is 0. The molecule has 0 atom stereocenters. The van der Waals surface area contributed by atoms with Crippen LogP contribution in [0.5, 0.6) is 0 Å². The van der Waals surface area contributed by atoms with E-state index in [1.165, 1.54) is 39.8 Å². The van der Waals surface area contributed by atoms with E-state index in [0.29, 0.717) is 0 Å². The molecule has 4 aliphatic rings. The van der Waals surface area contributed by atoms with Crippen molar-refractivity contribution in [2.75, 3.05) is 46.0 Å². The normalized spacial score (nSPS) is 16.0. The van der Waals surface area contributed by atoms with E-state index in [2.05, 4.69) is 63.9 Å². The van der Waals surface area contributed by atoms with Crippen LogP contribution in [0.25, 0.3) is 0 Å².